The molecule has 1 N–H and O–H groups in total. The van der Waals surface area contributed by atoms with E-state index in [-0.39, 0.29) is 11.9 Å². The molecule has 1 nitrogen and oxygen atoms in total. The highest BCUT2D eigenvalue weighted by molar-refractivity contribution is 5.33. The van der Waals surface area contributed by atoms with Gasteiger partial charge in [-0.05, 0) is 42.3 Å². The highest BCUT2D eigenvalue weighted by Gasteiger charge is 2.11. The van der Waals surface area contributed by atoms with E-state index in [1.165, 1.54) is 23.3 Å². The number of benzene rings is 2. The van der Waals surface area contributed by atoms with Crippen molar-refractivity contribution in [3.8, 4) is 0 Å². The molecule has 2 heteroatoms. The highest BCUT2D eigenvalue weighted by atomic mass is 19.1. The van der Waals surface area contributed by atoms with Gasteiger partial charge in [-0.15, -0.1) is 0 Å². The van der Waals surface area contributed by atoms with E-state index in [0.717, 1.165) is 12.0 Å². The van der Waals surface area contributed by atoms with E-state index in [2.05, 4.69) is 36.5 Å². The molecule has 0 saturated carbocycles. The van der Waals surface area contributed by atoms with Crippen LogP contribution in [-0.2, 0) is 6.42 Å². The van der Waals surface area contributed by atoms with Crippen molar-refractivity contribution in [3.05, 3.63) is 71.0 Å². The standard InChI is InChI=1S/C16H18FN/c1-3-12-4-6-13(7-5-12)16(18-2)14-8-10-15(17)11-9-14/h4-11,16,18H,3H2,1-2H3. The molecule has 1 unspecified atom stereocenters. The molecule has 94 valence electrons. The van der Waals surface area contributed by atoms with Crippen molar-refractivity contribution in [2.75, 3.05) is 7.05 Å². The second-order valence-corrected chi connectivity index (χ2v) is 4.37. The van der Waals surface area contributed by atoms with Crippen molar-refractivity contribution in [1.29, 1.82) is 0 Å². The lowest BCUT2D eigenvalue weighted by atomic mass is 9.97. The maximum absolute atomic E-state index is 12.9. The lowest BCUT2D eigenvalue weighted by Crippen LogP contribution is -2.17. The highest BCUT2D eigenvalue weighted by Crippen LogP contribution is 2.22. The Morgan fingerprint density at radius 1 is 0.944 bits per heavy atom. The van der Waals surface area contributed by atoms with Gasteiger partial charge in [0, 0.05) is 0 Å². The van der Waals surface area contributed by atoms with Gasteiger partial charge in [0.15, 0.2) is 0 Å². The summed E-state index contributed by atoms with van der Waals surface area (Å²) in [6.45, 7) is 2.14. The third kappa shape index (κ3) is 2.77. The average Bonchev–Trinajstić information content (AvgIpc) is 2.42. The van der Waals surface area contributed by atoms with E-state index in [9.17, 15) is 4.39 Å². The van der Waals surface area contributed by atoms with Crippen LogP contribution in [0.1, 0.15) is 29.7 Å². The maximum atomic E-state index is 12.9. The number of aryl methyl sites for hydroxylation is 1. The molecule has 18 heavy (non-hydrogen) atoms. The van der Waals surface area contributed by atoms with Crippen molar-refractivity contribution >= 4 is 0 Å². The average molecular weight is 243 g/mol. The molecule has 0 saturated heterocycles. The molecule has 0 spiro atoms. The van der Waals surface area contributed by atoms with Crippen molar-refractivity contribution in [3.63, 3.8) is 0 Å². The molecule has 0 fully saturated rings. The third-order valence-corrected chi connectivity index (χ3v) is 3.21. The number of halogens is 1. The summed E-state index contributed by atoms with van der Waals surface area (Å²) in [6.07, 6.45) is 1.04. The summed E-state index contributed by atoms with van der Waals surface area (Å²) in [7, 11) is 1.92. The molecular weight excluding hydrogens is 225 g/mol. The predicted molar refractivity (Wildman–Crippen MR) is 73.1 cm³/mol. The van der Waals surface area contributed by atoms with Crippen LogP contribution in [0.3, 0.4) is 0 Å². The quantitative estimate of drug-likeness (QED) is 0.863. The summed E-state index contributed by atoms with van der Waals surface area (Å²) in [4.78, 5) is 0. The van der Waals surface area contributed by atoms with Crippen LogP contribution in [0.5, 0.6) is 0 Å². The van der Waals surface area contributed by atoms with Crippen LogP contribution < -0.4 is 5.32 Å². The Bertz CT molecular complexity index is 488. The molecule has 2 aromatic carbocycles. The molecule has 0 heterocycles. The van der Waals surface area contributed by atoms with Crippen LogP contribution in [0.15, 0.2) is 48.5 Å². The SMILES string of the molecule is CCc1ccc(C(NC)c2ccc(F)cc2)cc1. The number of nitrogens with one attached hydrogen (secondary N) is 1. The first-order chi connectivity index (χ1) is 8.74. The Morgan fingerprint density at radius 3 is 1.89 bits per heavy atom. The largest absolute Gasteiger partial charge is 0.309 e. The second kappa shape index (κ2) is 5.78. The molecule has 0 bridgehead atoms. The molecule has 2 rings (SSSR count). The zero-order valence-electron chi connectivity index (χ0n) is 10.8. The van der Waals surface area contributed by atoms with Crippen molar-refractivity contribution in [1.82, 2.24) is 5.32 Å². The van der Waals surface area contributed by atoms with Crippen LogP contribution in [0, 0.1) is 5.82 Å². The summed E-state index contributed by atoms with van der Waals surface area (Å²) in [5, 5.41) is 3.27. The third-order valence-electron chi connectivity index (χ3n) is 3.21. The Hall–Kier alpha value is -1.67. The van der Waals surface area contributed by atoms with E-state index >= 15 is 0 Å². The Balaban J connectivity index is 2.29. The molecule has 0 amide bonds. The molecular formula is C16H18FN. The van der Waals surface area contributed by atoms with E-state index in [0.29, 0.717) is 0 Å². The summed E-state index contributed by atoms with van der Waals surface area (Å²) in [5.41, 5.74) is 3.59. The summed E-state index contributed by atoms with van der Waals surface area (Å²) in [5.74, 6) is -0.199. The first-order valence-corrected chi connectivity index (χ1v) is 6.26. The first kappa shape index (κ1) is 12.8. The molecule has 0 aliphatic rings. The Kier molecular flexibility index (Phi) is 4.11. The molecule has 0 aromatic heterocycles. The minimum absolute atomic E-state index is 0.108. The fraction of sp³-hybridized carbons (Fsp3) is 0.250. The molecule has 2 aromatic rings. The van der Waals surface area contributed by atoms with Crippen molar-refractivity contribution in [2.45, 2.75) is 19.4 Å². The van der Waals surface area contributed by atoms with E-state index < -0.39 is 0 Å². The number of hydrogen-bond donors (Lipinski definition) is 1. The first-order valence-electron chi connectivity index (χ1n) is 6.26. The van der Waals surface area contributed by atoms with Gasteiger partial charge < -0.3 is 5.32 Å². The number of hydrogen-bond acceptors (Lipinski definition) is 1. The zero-order valence-corrected chi connectivity index (χ0v) is 10.8. The van der Waals surface area contributed by atoms with Gasteiger partial charge in [-0.1, -0.05) is 43.3 Å². The fourth-order valence-electron chi connectivity index (χ4n) is 2.13. The van der Waals surface area contributed by atoms with Gasteiger partial charge in [0.25, 0.3) is 0 Å². The predicted octanol–water partition coefficient (Wildman–Crippen LogP) is 3.70. The van der Waals surface area contributed by atoms with Crippen LogP contribution in [-0.4, -0.2) is 7.05 Å². The molecule has 1 atom stereocenters. The van der Waals surface area contributed by atoms with Crippen LogP contribution in [0.25, 0.3) is 0 Å². The van der Waals surface area contributed by atoms with Gasteiger partial charge in [-0.3, -0.25) is 0 Å². The van der Waals surface area contributed by atoms with Crippen molar-refractivity contribution < 1.29 is 4.39 Å². The summed E-state index contributed by atoms with van der Waals surface area (Å²) >= 11 is 0. The fourth-order valence-corrected chi connectivity index (χ4v) is 2.13. The van der Waals surface area contributed by atoms with Gasteiger partial charge in [-0.2, -0.15) is 0 Å². The Morgan fingerprint density at radius 2 is 1.44 bits per heavy atom. The van der Waals surface area contributed by atoms with E-state index in [4.69, 9.17) is 0 Å². The summed E-state index contributed by atoms with van der Waals surface area (Å²) < 4.78 is 12.9. The number of rotatable bonds is 4. The van der Waals surface area contributed by atoms with Gasteiger partial charge in [-0.25, -0.2) is 4.39 Å². The summed E-state index contributed by atoms with van der Waals surface area (Å²) in [6, 6.07) is 15.3. The van der Waals surface area contributed by atoms with Crippen molar-refractivity contribution in [2.24, 2.45) is 0 Å². The lowest BCUT2D eigenvalue weighted by Gasteiger charge is -2.17. The van der Waals surface area contributed by atoms with Gasteiger partial charge in [0.1, 0.15) is 5.82 Å². The lowest BCUT2D eigenvalue weighted by molar-refractivity contribution is 0.623. The molecule has 0 aliphatic carbocycles. The van der Waals surface area contributed by atoms with E-state index in [1.807, 2.05) is 19.2 Å². The Labute approximate surface area is 108 Å². The topological polar surface area (TPSA) is 12.0 Å². The molecule has 0 aliphatic heterocycles. The maximum Gasteiger partial charge on any atom is 0.123 e. The van der Waals surface area contributed by atoms with Crippen LogP contribution in [0.4, 0.5) is 4.39 Å². The van der Waals surface area contributed by atoms with E-state index in [1.54, 1.807) is 0 Å². The normalized spacial score (nSPS) is 12.4. The van der Waals surface area contributed by atoms with Gasteiger partial charge in [0.2, 0.25) is 0 Å². The zero-order chi connectivity index (χ0) is 13.0. The smallest absolute Gasteiger partial charge is 0.123 e. The van der Waals surface area contributed by atoms with Crippen LogP contribution in [0.2, 0.25) is 0 Å². The van der Waals surface area contributed by atoms with Crippen LogP contribution >= 0.6 is 0 Å². The van der Waals surface area contributed by atoms with Gasteiger partial charge >= 0.3 is 0 Å². The minimum atomic E-state index is -0.199. The molecule has 0 radical (unpaired) electrons. The minimum Gasteiger partial charge on any atom is -0.309 e. The monoisotopic (exact) mass is 243 g/mol. The second-order valence-electron chi connectivity index (χ2n) is 4.37. The van der Waals surface area contributed by atoms with Gasteiger partial charge in [0.05, 0.1) is 6.04 Å².